The number of aliphatic hydroxyl groups is 1. The first-order valence-corrected chi connectivity index (χ1v) is 8.23. The molecule has 3 N–H and O–H groups in total. The Morgan fingerprint density at radius 3 is 2.70 bits per heavy atom. The van der Waals surface area contributed by atoms with Crippen LogP contribution in [0, 0.1) is 5.92 Å². The second-order valence-electron chi connectivity index (χ2n) is 7.61. The standard InChI is InChI=1S/C16H28N4O3/c1-9(2)13-18-14(20-19-13)10-6-11(12(21)7-10)8-17-15(22)23-16(3,4)5/h9-12,21H,6-8H2,1-5H3,(H,17,22)(H,18,19,20)/t10-,11+,12+/m1/s1. The number of aromatic amines is 1. The Bertz CT molecular complexity index is 536. The SMILES string of the molecule is CC(C)c1n[nH]c([C@@H]2C[C@@H](CNC(=O)OC(C)(C)C)[C@@H](O)C2)n1. The van der Waals surface area contributed by atoms with E-state index in [9.17, 15) is 9.90 Å². The molecule has 0 radical (unpaired) electrons. The minimum atomic E-state index is -0.520. The molecule has 0 aliphatic heterocycles. The van der Waals surface area contributed by atoms with Gasteiger partial charge in [0.15, 0.2) is 5.82 Å². The van der Waals surface area contributed by atoms with Crippen LogP contribution in [-0.2, 0) is 4.74 Å². The summed E-state index contributed by atoms with van der Waals surface area (Å²) in [5.74, 6) is 2.05. The van der Waals surface area contributed by atoms with Gasteiger partial charge in [0.25, 0.3) is 0 Å². The molecule has 0 bridgehead atoms. The predicted molar refractivity (Wildman–Crippen MR) is 86.2 cm³/mol. The van der Waals surface area contributed by atoms with E-state index in [0.717, 1.165) is 18.1 Å². The smallest absolute Gasteiger partial charge is 0.407 e. The third-order valence-corrected chi connectivity index (χ3v) is 3.99. The number of ether oxygens (including phenoxy) is 1. The maximum Gasteiger partial charge on any atom is 0.407 e. The highest BCUT2D eigenvalue weighted by atomic mass is 16.6. The molecule has 0 aromatic carbocycles. The molecule has 2 rings (SSSR count). The third kappa shape index (κ3) is 4.92. The fourth-order valence-electron chi connectivity index (χ4n) is 2.80. The number of rotatable bonds is 4. The van der Waals surface area contributed by atoms with E-state index in [4.69, 9.17) is 4.74 Å². The maximum atomic E-state index is 11.7. The van der Waals surface area contributed by atoms with Gasteiger partial charge in [-0.1, -0.05) is 13.8 Å². The van der Waals surface area contributed by atoms with Crippen molar-refractivity contribution in [1.29, 1.82) is 0 Å². The first-order valence-electron chi connectivity index (χ1n) is 8.23. The Morgan fingerprint density at radius 1 is 1.43 bits per heavy atom. The van der Waals surface area contributed by atoms with Crippen LogP contribution in [0.5, 0.6) is 0 Å². The van der Waals surface area contributed by atoms with Gasteiger partial charge in [0, 0.05) is 24.3 Å². The van der Waals surface area contributed by atoms with Crippen molar-refractivity contribution < 1.29 is 14.6 Å². The minimum absolute atomic E-state index is 0.000110. The second kappa shape index (κ2) is 6.86. The van der Waals surface area contributed by atoms with E-state index in [2.05, 4.69) is 20.5 Å². The molecule has 3 atom stereocenters. The lowest BCUT2D eigenvalue weighted by Gasteiger charge is -2.21. The Labute approximate surface area is 137 Å². The van der Waals surface area contributed by atoms with Crippen molar-refractivity contribution in [2.75, 3.05) is 6.54 Å². The van der Waals surface area contributed by atoms with E-state index in [0.29, 0.717) is 13.0 Å². The lowest BCUT2D eigenvalue weighted by molar-refractivity contribution is 0.0500. The summed E-state index contributed by atoms with van der Waals surface area (Å²) in [6.45, 7) is 9.96. The highest BCUT2D eigenvalue weighted by Gasteiger charge is 2.36. The molecule has 7 nitrogen and oxygen atoms in total. The van der Waals surface area contributed by atoms with E-state index in [1.165, 1.54) is 0 Å². The van der Waals surface area contributed by atoms with Gasteiger partial charge in [-0.25, -0.2) is 9.78 Å². The van der Waals surface area contributed by atoms with Gasteiger partial charge in [-0.05, 0) is 33.6 Å². The fraction of sp³-hybridized carbons (Fsp3) is 0.812. The van der Waals surface area contributed by atoms with E-state index in [1.54, 1.807) is 0 Å². The Morgan fingerprint density at radius 2 is 2.13 bits per heavy atom. The zero-order valence-corrected chi connectivity index (χ0v) is 14.6. The Hall–Kier alpha value is -1.63. The van der Waals surface area contributed by atoms with Gasteiger partial charge in [0.2, 0.25) is 0 Å². The fourth-order valence-corrected chi connectivity index (χ4v) is 2.80. The highest BCUT2D eigenvalue weighted by Crippen LogP contribution is 2.37. The lowest BCUT2D eigenvalue weighted by atomic mass is 10.0. The normalized spacial score (nSPS) is 24.9. The summed E-state index contributed by atoms with van der Waals surface area (Å²) in [5.41, 5.74) is -0.520. The summed E-state index contributed by atoms with van der Waals surface area (Å²) >= 11 is 0. The van der Waals surface area contributed by atoms with Gasteiger partial charge in [0.05, 0.1) is 6.10 Å². The molecule has 0 spiro atoms. The van der Waals surface area contributed by atoms with Crippen molar-refractivity contribution in [3.05, 3.63) is 11.6 Å². The molecule has 1 saturated carbocycles. The van der Waals surface area contributed by atoms with Crippen molar-refractivity contribution >= 4 is 6.09 Å². The number of hydrogen-bond acceptors (Lipinski definition) is 5. The van der Waals surface area contributed by atoms with Crippen LogP contribution in [0.4, 0.5) is 4.79 Å². The number of amides is 1. The second-order valence-corrected chi connectivity index (χ2v) is 7.61. The van der Waals surface area contributed by atoms with Crippen LogP contribution in [0.25, 0.3) is 0 Å². The van der Waals surface area contributed by atoms with Crippen LogP contribution < -0.4 is 5.32 Å². The van der Waals surface area contributed by atoms with Gasteiger partial charge in [-0.15, -0.1) is 0 Å². The maximum absolute atomic E-state index is 11.7. The van der Waals surface area contributed by atoms with Gasteiger partial charge in [-0.3, -0.25) is 5.10 Å². The molecular formula is C16H28N4O3. The summed E-state index contributed by atoms with van der Waals surface area (Å²) in [4.78, 5) is 16.2. The van der Waals surface area contributed by atoms with Crippen LogP contribution in [0.15, 0.2) is 0 Å². The van der Waals surface area contributed by atoms with Crippen LogP contribution in [0.3, 0.4) is 0 Å². The van der Waals surface area contributed by atoms with Crippen LogP contribution in [0.2, 0.25) is 0 Å². The number of nitrogens with one attached hydrogen (secondary N) is 2. The molecule has 0 unspecified atom stereocenters. The molecular weight excluding hydrogens is 296 g/mol. The largest absolute Gasteiger partial charge is 0.444 e. The molecule has 130 valence electrons. The molecule has 1 aromatic rings. The summed E-state index contributed by atoms with van der Waals surface area (Å²) in [7, 11) is 0. The van der Waals surface area contributed by atoms with Gasteiger partial charge >= 0.3 is 6.09 Å². The molecule has 1 aliphatic carbocycles. The number of carbonyl (C=O) groups excluding carboxylic acids is 1. The number of hydrogen-bond donors (Lipinski definition) is 3. The molecule has 0 saturated heterocycles. The number of aromatic nitrogens is 3. The number of alkyl carbamates (subject to hydrolysis) is 1. The Balaban J connectivity index is 1.87. The first-order chi connectivity index (χ1) is 10.7. The van der Waals surface area contributed by atoms with Crippen molar-refractivity contribution in [2.45, 2.75) is 71.0 Å². The topological polar surface area (TPSA) is 100 Å². The zero-order valence-electron chi connectivity index (χ0n) is 14.6. The quantitative estimate of drug-likeness (QED) is 0.789. The number of carbonyl (C=O) groups is 1. The highest BCUT2D eigenvalue weighted by molar-refractivity contribution is 5.67. The number of aliphatic hydroxyl groups excluding tert-OH is 1. The lowest BCUT2D eigenvalue weighted by Crippen LogP contribution is -2.36. The molecule has 1 aliphatic rings. The van der Waals surface area contributed by atoms with E-state index < -0.39 is 17.8 Å². The molecule has 1 aromatic heterocycles. The number of nitrogens with zero attached hydrogens (tertiary/aromatic N) is 2. The summed E-state index contributed by atoms with van der Waals surface area (Å²) in [6, 6.07) is 0. The van der Waals surface area contributed by atoms with Gasteiger partial charge in [-0.2, -0.15) is 5.10 Å². The molecule has 23 heavy (non-hydrogen) atoms. The van der Waals surface area contributed by atoms with Crippen LogP contribution >= 0.6 is 0 Å². The predicted octanol–water partition coefficient (Wildman–Crippen LogP) is 2.31. The number of H-pyrrole nitrogens is 1. The van der Waals surface area contributed by atoms with E-state index >= 15 is 0 Å². The van der Waals surface area contributed by atoms with Gasteiger partial charge < -0.3 is 15.2 Å². The monoisotopic (exact) mass is 324 g/mol. The van der Waals surface area contributed by atoms with Crippen molar-refractivity contribution in [2.24, 2.45) is 5.92 Å². The Kier molecular flexibility index (Phi) is 5.29. The summed E-state index contributed by atoms with van der Waals surface area (Å²) in [5, 5.41) is 20.2. The molecule has 1 heterocycles. The van der Waals surface area contributed by atoms with Crippen LogP contribution in [-0.4, -0.2) is 44.6 Å². The van der Waals surface area contributed by atoms with Gasteiger partial charge in [0.1, 0.15) is 11.4 Å². The first kappa shape index (κ1) is 17.7. The van der Waals surface area contributed by atoms with E-state index in [1.807, 2.05) is 34.6 Å². The van der Waals surface area contributed by atoms with Crippen molar-refractivity contribution in [3.8, 4) is 0 Å². The average Bonchev–Trinajstić information content (AvgIpc) is 3.01. The van der Waals surface area contributed by atoms with Crippen LogP contribution in [0.1, 0.15) is 70.9 Å². The zero-order chi connectivity index (χ0) is 17.2. The van der Waals surface area contributed by atoms with Crippen molar-refractivity contribution in [1.82, 2.24) is 20.5 Å². The summed E-state index contributed by atoms with van der Waals surface area (Å²) < 4.78 is 5.21. The molecule has 1 fully saturated rings. The average molecular weight is 324 g/mol. The van der Waals surface area contributed by atoms with E-state index in [-0.39, 0.29) is 17.8 Å². The minimum Gasteiger partial charge on any atom is -0.444 e. The van der Waals surface area contributed by atoms with Crippen molar-refractivity contribution in [3.63, 3.8) is 0 Å². The molecule has 1 amide bonds. The molecule has 7 heteroatoms. The summed E-state index contributed by atoms with van der Waals surface area (Å²) in [6.07, 6.45) is 0.495. The third-order valence-electron chi connectivity index (χ3n) is 3.99.